The minimum absolute atomic E-state index is 0.0309. The number of amides is 1. The van der Waals surface area contributed by atoms with Crippen LogP contribution < -0.4 is 5.32 Å². The van der Waals surface area contributed by atoms with E-state index in [4.69, 9.17) is 5.10 Å². The quantitative estimate of drug-likeness (QED) is 0.429. The molecule has 8 nitrogen and oxygen atoms in total. The summed E-state index contributed by atoms with van der Waals surface area (Å²) < 4.78 is 1.80. The highest BCUT2D eigenvalue weighted by atomic mass is 16.2. The number of likely N-dealkylation sites (N-methyl/N-ethyl adjacent to an activating group) is 2. The van der Waals surface area contributed by atoms with E-state index in [0.29, 0.717) is 0 Å². The van der Waals surface area contributed by atoms with Crippen molar-refractivity contribution >= 4 is 11.6 Å². The average molecular weight is 460 g/mol. The Hall–Kier alpha value is -3.52. The molecular formula is C26H33N7O. The van der Waals surface area contributed by atoms with Crippen molar-refractivity contribution in [1.29, 1.82) is 0 Å². The van der Waals surface area contributed by atoms with E-state index in [2.05, 4.69) is 64.7 Å². The van der Waals surface area contributed by atoms with E-state index in [-0.39, 0.29) is 23.9 Å². The van der Waals surface area contributed by atoms with Gasteiger partial charge in [0, 0.05) is 24.4 Å². The van der Waals surface area contributed by atoms with Gasteiger partial charge in [-0.3, -0.25) is 9.89 Å². The molecule has 8 heteroatoms. The number of hydrogen-bond acceptors (Lipinski definition) is 5. The van der Waals surface area contributed by atoms with Crippen molar-refractivity contribution in [3.8, 4) is 22.5 Å². The van der Waals surface area contributed by atoms with E-state index in [1.54, 1.807) is 22.8 Å². The maximum atomic E-state index is 12.6. The van der Waals surface area contributed by atoms with Crippen LogP contribution >= 0.6 is 0 Å². The largest absolute Gasteiger partial charge is 0.338 e. The number of carbonyl (C=O) groups is 1. The summed E-state index contributed by atoms with van der Waals surface area (Å²) in [5.41, 5.74) is 8.15. The number of hydrogen-bond donors (Lipinski definition) is 2. The Bertz CT molecular complexity index is 1300. The van der Waals surface area contributed by atoms with Crippen LogP contribution in [0.5, 0.6) is 0 Å². The summed E-state index contributed by atoms with van der Waals surface area (Å²) in [5, 5.41) is 15.3. The molecule has 0 aliphatic heterocycles. The lowest BCUT2D eigenvalue weighted by atomic mass is 9.93. The number of aromatic nitrogens is 5. The molecule has 2 N–H and O–H groups in total. The van der Waals surface area contributed by atoms with Crippen LogP contribution in [-0.4, -0.2) is 55.7 Å². The molecule has 0 saturated carbocycles. The molecule has 3 aromatic heterocycles. The van der Waals surface area contributed by atoms with Gasteiger partial charge >= 0.3 is 0 Å². The lowest BCUT2D eigenvalue weighted by Crippen LogP contribution is -2.42. The Labute approximate surface area is 200 Å². The molecular weight excluding hydrogens is 426 g/mol. The highest BCUT2D eigenvalue weighted by Crippen LogP contribution is 2.36. The van der Waals surface area contributed by atoms with Gasteiger partial charge < -0.3 is 10.2 Å². The van der Waals surface area contributed by atoms with Gasteiger partial charge in [-0.05, 0) is 56.5 Å². The maximum Gasteiger partial charge on any atom is 0.239 e. The van der Waals surface area contributed by atoms with Gasteiger partial charge in [0.2, 0.25) is 5.91 Å². The molecule has 178 valence electrons. The SMILES string of the molecule is CN[C@H](C)C(=O)N(C)[C@@H](C)c1ccc(-c2[nH]nc(-c3cc(C)c4ncnn4c3)c2C(C)C)cc1. The van der Waals surface area contributed by atoms with Gasteiger partial charge in [0.1, 0.15) is 6.33 Å². The first-order valence-corrected chi connectivity index (χ1v) is 11.7. The van der Waals surface area contributed by atoms with Crippen molar-refractivity contribution in [2.24, 2.45) is 0 Å². The number of benzene rings is 1. The molecule has 0 saturated heterocycles. The van der Waals surface area contributed by atoms with Crippen LogP contribution in [-0.2, 0) is 4.79 Å². The topological polar surface area (TPSA) is 91.2 Å². The average Bonchev–Trinajstić information content (AvgIpc) is 3.50. The molecule has 0 spiro atoms. The fourth-order valence-corrected chi connectivity index (χ4v) is 4.35. The number of nitrogens with one attached hydrogen (secondary N) is 2. The van der Waals surface area contributed by atoms with E-state index in [1.807, 2.05) is 34.0 Å². The molecule has 0 aliphatic rings. The highest BCUT2D eigenvalue weighted by molar-refractivity contribution is 5.81. The van der Waals surface area contributed by atoms with E-state index in [1.165, 1.54) is 0 Å². The van der Waals surface area contributed by atoms with Gasteiger partial charge in [-0.15, -0.1) is 0 Å². The molecule has 0 unspecified atom stereocenters. The van der Waals surface area contributed by atoms with Crippen molar-refractivity contribution in [2.45, 2.75) is 52.6 Å². The predicted octanol–water partition coefficient (Wildman–Crippen LogP) is 4.35. The summed E-state index contributed by atoms with van der Waals surface area (Å²) in [4.78, 5) is 18.7. The zero-order valence-electron chi connectivity index (χ0n) is 20.9. The zero-order valence-corrected chi connectivity index (χ0v) is 20.9. The van der Waals surface area contributed by atoms with Crippen LogP contribution in [0.4, 0.5) is 0 Å². The molecule has 1 aromatic carbocycles. The lowest BCUT2D eigenvalue weighted by molar-refractivity contribution is -0.133. The molecule has 0 radical (unpaired) electrons. The number of pyridine rings is 1. The number of fused-ring (bicyclic) bond motifs is 1. The first-order valence-electron chi connectivity index (χ1n) is 11.7. The molecule has 3 heterocycles. The van der Waals surface area contributed by atoms with Crippen LogP contribution in [0.1, 0.15) is 56.3 Å². The molecule has 4 rings (SSSR count). The molecule has 2 atom stereocenters. The third-order valence-electron chi connectivity index (χ3n) is 6.63. The fourth-order valence-electron chi connectivity index (χ4n) is 4.35. The third kappa shape index (κ3) is 4.21. The minimum Gasteiger partial charge on any atom is -0.338 e. The third-order valence-corrected chi connectivity index (χ3v) is 6.63. The van der Waals surface area contributed by atoms with E-state index in [9.17, 15) is 4.79 Å². The van der Waals surface area contributed by atoms with E-state index >= 15 is 0 Å². The molecule has 0 aliphatic carbocycles. The Kier molecular flexibility index (Phi) is 6.52. The first-order chi connectivity index (χ1) is 16.2. The zero-order chi connectivity index (χ0) is 24.6. The van der Waals surface area contributed by atoms with E-state index < -0.39 is 0 Å². The summed E-state index contributed by atoms with van der Waals surface area (Å²) >= 11 is 0. The second-order valence-electron chi connectivity index (χ2n) is 9.21. The van der Waals surface area contributed by atoms with Gasteiger partial charge in [0.25, 0.3) is 0 Å². The number of rotatable bonds is 7. The first kappa shape index (κ1) is 23.6. The van der Waals surface area contributed by atoms with Gasteiger partial charge in [-0.2, -0.15) is 10.2 Å². The van der Waals surface area contributed by atoms with Gasteiger partial charge in [0.05, 0.1) is 23.5 Å². The Morgan fingerprint density at radius 3 is 2.47 bits per heavy atom. The normalized spacial score (nSPS) is 13.4. The van der Waals surface area contributed by atoms with Crippen LogP contribution in [0.2, 0.25) is 0 Å². The summed E-state index contributed by atoms with van der Waals surface area (Å²) in [7, 11) is 3.65. The van der Waals surface area contributed by atoms with Crippen LogP contribution in [0.15, 0.2) is 42.9 Å². The fraction of sp³-hybridized carbons (Fsp3) is 0.385. The van der Waals surface area contributed by atoms with Crippen LogP contribution in [0, 0.1) is 6.92 Å². The molecule has 4 aromatic rings. The maximum absolute atomic E-state index is 12.6. The van der Waals surface area contributed by atoms with Crippen molar-refractivity contribution in [3.05, 3.63) is 59.5 Å². The predicted molar refractivity (Wildman–Crippen MR) is 135 cm³/mol. The van der Waals surface area contributed by atoms with Gasteiger partial charge in [-0.1, -0.05) is 38.1 Å². The number of carbonyl (C=O) groups excluding carboxylic acids is 1. The van der Waals surface area contributed by atoms with Crippen molar-refractivity contribution < 1.29 is 4.79 Å². The molecule has 34 heavy (non-hydrogen) atoms. The standard InChI is InChI=1S/C26H33N7O/c1-15(2)22-23(30-31-24(22)21-12-16(3)25-28-14-29-33(25)13-21)20-10-8-19(9-11-20)18(5)32(7)26(34)17(4)27-6/h8-15,17-18,27H,1-7H3,(H,30,31)/t17-,18+/m1/s1. The van der Waals surface area contributed by atoms with Crippen LogP contribution in [0.3, 0.4) is 0 Å². The number of nitrogens with zero attached hydrogens (tertiary/aromatic N) is 5. The monoisotopic (exact) mass is 459 g/mol. The Morgan fingerprint density at radius 2 is 1.82 bits per heavy atom. The molecule has 1 amide bonds. The summed E-state index contributed by atoms with van der Waals surface area (Å²) in [6, 6.07) is 10.2. The highest BCUT2D eigenvalue weighted by Gasteiger charge is 2.23. The number of aryl methyl sites for hydroxylation is 1. The summed E-state index contributed by atoms with van der Waals surface area (Å²) in [5.74, 6) is 0.333. The van der Waals surface area contributed by atoms with Gasteiger partial charge in [-0.25, -0.2) is 9.50 Å². The minimum atomic E-state index is -0.218. The van der Waals surface area contributed by atoms with Crippen molar-refractivity contribution in [3.63, 3.8) is 0 Å². The van der Waals surface area contributed by atoms with Crippen molar-refractivity contribution in [2.75, 3.05) is 14.1 Å². The molecule has 0 fully saturated rings. The second-order valence-corrected chi connectivity index (χ2v) is 9.21. The van der Waals surface area contributed by atoms with E-state index in [0.717, 1.165) is 44.9 Å². The Balaban J connectivity index is 1.67. The lowest BCUT2D eigenvalue weighted by Gasteiger charge is -2.28. The Morgan fingerprint density at radius 1 is 1.12 bits per heavy atom. The van der Waals surface area contributed by atoms with Crippen molar-refractivity contribution in [1.82, 2.24) is 35.0 Å². The molecule has 0 bridgehead atoms. The number of aromatic amines is 1. The summed E-state index contributed by atoms with van der Waals surface area (Å²) in [6.07, 6.45) is 3.54. The second kappa shape index (κ2) is 9.38. The number of H-pyrrole nitrogens is 1. The van der Waals surface area contributed by atoms with Crippen LogP contribution in [0.25, 0.3) is 28.2 Å². The summed E-state index contributed by atoms with van der Waals surface area (Å²) in [6.45, 7) is 10.3. The van der Waals surface area contributed by atoms with Gasteiger partial charge in [0.15, 0.2) is 5.65 Å². The smallest absolute Gasteiger partial charge is 0.239 e.